The van der Waals surface area contributed by atoms with Crippen molar-refractivity contribution in [2.24, 2.45) is 0 Å². The molecule has 3 amide bonds. The smallest absolute Gasteiger partial charge is 0.292 e. The Bertz CT molecular complexity index is 2800. The summed E-state index contributed by atoms with van der Waals surface area (Å²) in [5.41, 5.74) is 11.8. The summed E-state index contributed by atoms with van der Waals surface area (Å²) in [6, 6.07) is 25.1. The van der Waals surface area contributed by atoms with Gasteiger partial charge in [-0.1, -0.05) is 74.5 Å². The van der Waals surface area contributed by atoms with Gasteiger partial charge in [0.25, 0.3) is 11.7 Å². The van der Waals surface area contributed by atoms with E-state index in [0.29, 0.717) is 31.2 Å². The van der Waals surface area contributed by atoms with Crippen LogP contribution in [-0.4, -0.2) is 70.2 Å². The Hall–Kier alpha value is -6.80. The van der Waals surface area contributed by atoms with Gasteiger partial charge in [-0.2, -0.15) is 15.2 Å². The molecule has 4 aromatic heterocycles. The standard InChI is InChI=1S/C48H50N10O4/c1-29-21-35(13-14-36(29)24-49-46(61)44-53-47(62-55-44)48(3,4)5)43-41-23-37(26-58(41)51-28-50-43)34-7-6-8-39(22-34)57-27-38(30(2)54-57)25-56-19-17-32(18-20-56)31-9-11-33(12-10-31)40-15-16-42(59)52-45(40)60/h6-14,21-23,26-28,32,40H,15-20,24-25H2,1-5H3,(H,49,61)(H,52,59,60). The molecule has 2 saturated heterocycles. The van der Waals surface area contributed by atoms with Gasteiger partial charge in [-0.05, 0) is 104 Å². The van der Waals surface area contributed by atoms with E-state index in [-0.39, 0.29) is 34.9 Å². The van der Waals surface area contributed by atoms with E-state index in [1.165, 1.54) is 11.1 Å². The van der Waals surface area contributed by atoms with Crippen LogP contribution in [0.5, 0.6) is 0 Å². The molecule has 1 unspecified atom stereocenters. The average Bonchev–Trinajstić information content (AvgIpc) is 4.03. The molecule has 1 atom stereocenters. The van der Waals surface area contributed by atoms with Gasteiger partial charge in [0.2, 0.25) is 17.7 Å². The van der Waals surface area contributed by atoms with Crippen LogP contribution in [0.25, 0.3) is 33.6 Å². The topological polar surface area (TPSA) is 165 Å². The van der Waals surface area contributed by atoms with Crippen LogP contribution < -0.4 is 10.6 Å². The first kappa shape index (κ1) is 40.6. The fourth-order valence-electron chi connectivity index (χ4n) is 8.52. The van der Waals surface area contributed by atoms with Crippen LogP contribution >= 0.6 is 0 Å². The van der Waals surface area contributed by atoms with Crippen molar-refractivity contribution in [2.75, 3.05) is 13.1 Å². The van der Waals surface area contributed by atoms with E-state index in [9.17, 15) is 14.4 Å². The van der Waals surface area contributed by atoms with E-state index in [2.05, 4.69) is 105 Å². The van der Waals surface area contributed by atoms with Crippen LogP contribution in [-0.2, 0) is 28.1 Å². The van der Waals surface area contributed by atoms with Crippen LogP contribution in [0.15, 0.2) is 96.0 Å². The lowest BCUT2D eigenvalue weighted by molar-refractivity contribution is -0.134. The van der Waals surface area contributed by atoms with E-state index in [0.717, 1.165) is 88.4 Å². The van der Waals surface area contributed by atoms with Crippen molar-refractivity contribution in [3.05, 3.63) is 137 Å². The lowest BCUT2D eigenvalue weighted by Crippen LogP contribution is -2.39. The van der Waals surface area contributed by atoms with Crippen LogP contribution in [0.1, 0.15) is 108 Å². The molecule has 9 rings (SSSR count). The number of nitrogens with zero attached hydrogens (tertiary/aromatic N) is 8. The molecule has 3 aromatic carbocycles. The van der Waals surface area contributed by atoms with E-state index in [1.807, 2.05) is 55.2 Å². The highest BCUT2D eigenvalue weighted by molar-refractivity contribution is 6.01. The molecule has 2 aliphatic rings. The normalized spacial score (nSPS) is 16.5. The Labute approximate surface area is 359 Å². The van der Waals surface area contributed by atoms with Gasteiger partial charge in [0.15, 0.2) is 0 Å². The first-order valence-electron chi connectivity index (χ1n) is 21.2. The molecule has 2 N–H and O–H groups in total. The van der Waals surface area contributed by atoms with E-state index < -0.39 is 0 Å². The fraction of sp³-hybridized carbons (Fsp3) is 0.333. The number of likely N-dealkylation sites (tertiary alicyclic amines) is 1. The molecule has 7 aromatic rings. The number of fused-ring (bicyclic) bond motifs is 1. The molecule has 14 nitrogen and oxygen atoms in total. The van der Waals surface area contributed by atoms with Crippen molar-refractivity contribution in [3.8, 4) is 28.1 Å². The quantitative estimate of drug-likeness (QED) is 0.133. The third-order valence-corrected chi connectivity index (χ3v) is 12.2. The molecule has 2 aliphatic heterocycles. The molecule has 2 fully saturated rings. The zero-order valence-corrected chi connectivity index (χ0v) is 35.7. The lowest BCUT2D eigenvalue weighted by Gasteiger charge is -2.32. The monoisotopic (exact) mass is 830 g/mol. The van der Waals surface area contributed by atoms with Crippen LogP contribution in [0.2, 0.25) is 0 Å². The second-order valence-corrected chi connectivity index (χ2v) is 17.6. The van der Waals surface area contributed by atoms with Crippen molar-refractivity contribution in [1.29, 1.82) is 0 Å². The molecule has 6 heterocycles. The number of nitrogens with one attached hydrogen (secondary N) is 2. The number of carbonyl (C=O) groups is 3. The number of rotatable bonds is 10. The van der Waals surface area contributed by atoms with Gasteiger partial charge in [0.1, 0.15) is 6.33 Å². The SMILES string of the molecule is Cc1cc(-c2ncnn3cc(-c4cccc(-n5cc(CN6CCC(c7ccc(C8CCC(=O)NC8=O)cc7)CC6)c(C)n5)c4)cc23)ccc1CNC(=O)c1noc(C(C)(C)C)n1. The zero-order chi connectivity index (χ0) is 43.1. The Balaban J connectivity index is 0.840. The number of piperidine rings is 2. The third-order valence-electron chi connectivity index (χ3n) is 12.2. The summed E-state index contributed by atoms with van der Waals surface area (Å²) in [4.78, 5) is 48.2. The van der Waals surface area contributed by atoms with Gasteiger partial charge in [0, 0.05) is 54.0 Å². The highest BCUT2D eigenvalue weighted by Gasteiger charge is 2.29. The molecule has 0 radical (unpaired) electrons. The van der Waals surface area contributed by atoms with Gasteiger partial charge < -0.3 is 9.84 Å². The summed E-state index contributed by atoms with van der Waals surface area (Å²) in [5, 5.41) is 18.7. The average molecular weight is 831 g/mol. The maximum Gasteiger partial charge on any atom is 0.292 e. The van der Waals surface area contributed by atoms with Crippen LogP contribution in [0.3, 0.4) is 0 Å². The number of aryl methyl sites for hydroxylation is 2. The number of hydrogen-bond donors (Lipinski definition) is 2. The summed E-state index contributed by atoms with van der Waals surface area (Å²) in [6.45, 7) is 13.1. The van der Waals surface area contributed by atoms with Crippen molar-refractivity contribution in [2.45, 2.75) is 90.6 Å². The number of aromatic nitrogens is 7. The molecule has 0 spiro atoms. The molecule has 62 heavy (non-hydrogen) atoms. The van der Waals surface area contributed by atoms with Crippen molar-refractivity contribution >= 4 is 23.2 Å². The fourth-order valence-corrected chi connectivity index (χ4v) is 8.52. The van der Waals surface area contributed by atoms with Gasteiger partial charge in [-0.3, -0.25) is 24.6 Å². The number of amides is 3. The van der Waals surface area contributed by atoms with E-state index in [4.69, 9.17) is 14.6 Å². The Kier molecular flexibility index (Phi) is 10.9. The summed E-state index contributed by atoms with van der Waals surface area (Å²) >= 11 is 0. The summed E-state index contributed by atoms with van der Waals surface area (Å²) < 4.78 is 9.12. The molecule has 0 bridgehead atoms. The highest BCUT2D eigenvalue weighted by Crippen LogP contribution is 2.33. The number of benzene rings is 3. The van der Waals surface area contributed by atoms with E-state index in [1.54, 1.807) is 6.33 Å². The molecular weight excluding hydrogens is 781 g/mol. The predicted molar refractivity (Wildman–Crippen MR) is 233 cm³/mol. The summed E-state index contributed by atoms with van der Waals surface area (Å²) in [7, 11) is 0. The van der Waals surface area contributed by atoms with Gasteiger partial charge in [-0.15, -0.1) is 0 Å². The highest BCUT2D eigenvalue weighted by atomic mass is 16.5. The van der Waals surface area contributed by atoms with Gasteiger partial charge >= 0.3 is 0 Å². The van der Waals surface area contributed by atoms with Crippen molar-refractivity contribution in [3.63, 3.8) is 0 Å². The summed E-state index contributed by atoms with van der Waals surface area (Å²) in [5.74, 6) is -0.106. The molecule has 14 heteroatoms. The zero-order valence-electron chi connectivity index (χ0n) is 35.7. The molecule has 0 aliphatic carbocycles. The minimum atomic E-state index is -0.388. The predicted octanol–water partition coefficient (Wildman–Crippen LogP) is 7.38. The molecular formula is C48H50N10O4. The maximum atomic E-state index is 12.8. The van der Waals surface area contributed by atoms with Gasteiger partial charge in [-0.25, -0.2) is 14.2 Å². The third kappa shape index (κ3) is 8.42. The summed E-state index contributed by atoms with van der Waals surface area (Å²) in [6.07, 6.45) is 8.84. The Morgan fingerprint density at radius 1 is 0.887 bits per heavy atom. The molecule has 0 saturated carbocycles. The largest absolute Gasteiger partial charge is 0.345 e. The maximum absolute atomic E-state index is 12.8. The van der Waals surface area contributed by atoms with Crippen molar-refractivity contribution < 1.29 is 18.9 Å². The van der Waals surface area contributed by atoms with Crippen LogP contribution in [0, 0.1) is 13.8 Å². The Morgan fingerprint density at radius 2 is 1.68 bits per heavy atom. The minimum Gasteiger partial charge on any atom is -0.345 e. The second kappa shape index (κ2) is 16.6. The minimum absolute atomic E-state index is 0.0190. The number of imide groups is 1. The number of hydrogen-bond acceptors (Lipinski definition) is 10. The van der Waals surface area contributed by atoms with Gasteiger partial charge in [0.05, 0.1) is 28.5 Å². The lowest BCUT2D eigenvalue weighted by atomic mass is 9.86. The number of carbonyl (C=O) groups excluding carboxylic acids is 3. The second-order valence-electron chi connectivity index (χ2n) is 17.6. The van der Waals surface area contributed by atoms with E-state index >= 15 is 0 Å². The molecule has 316 valence electrons. The first-order valence-corrected chi connectivity index (χ1v) is 21.2. The van der Waals surface area contributed by atoms with Crippen LogP contribution in [0.4, 0.5) is 0 Å². The first-order chi connectivity index (χ1) is 29.9. The Morgan fingerprint density at radius 3 is 2.42 bits per heavy atom. The van der Waals surface area contributed by atoms with Crippen molar-refractivity contribution in [1.82, 2.24) is 50.1 Å².